The zero-order valence-electron chi connectivity index (χ0n) is 11.1. The first kappa shape index (κ1) is 12.7. The minimum absolute atomic E-state index is 0.0193. The fourth-order valence-corrected chi connectivity index (χ4v) is 2.68. The lowest BCUT2D eigenvalue weighted by Gasteiger charge is -2.31. The Morgan fingerprint density at radius 3 is 2.30 bits per heavy atom. The Morgan fingerprint density at radius 2 is 1.60 bits per heavy atom. The molecule has 0 saturated carbocycles. The highest BCUT2D eigenvalue weighted by atomic mass is 16.5. The Balaban J connectivity index is 1.98. The van der Waals surface area contributed by atoms with Gasteiger partial charge in [-0.1, -0.05) is 13.0 Å². The molecule has 2 aromatic carbocycles. The summed E-state index contributed by atoms with van der Waals surface area (Å²) < 4.78 is 5.89. The van der Waals surface area contributed by atoms with Crippen LogP contribution in [0.5, 0.6) is 23.0 Å². The molecule has 1 heterocycles. The van der Waals surface area contributed by atoms with Gasteiger partial charge in [0.25, 0.3) is 0 Å². The van der Waals surface area contributed by atoms with E-state index in [2.05, 4.69) is 6.92 Å². The predicted octanol–water partition coefficient (Wildman–Crippen LogP) is 3.43. The van der Waals surface area contributed by atoms with Crippen molar-refractivity contribution in [3.05, 3.63) is 47.5 Å². The van der Waals surface area contributed by atoms with Gasteiger partial charge in [0.05, 0.1) is 0 Å². The van der Waals surface area contributed by atoms with Gasteiger partial charge in [0.15, 0.2) is 0 Å². The maximum Gasteiger partial charge on any atom is 0.128 e. The number of phenols is 3. The van der Waals surface area contributed by atoms with Crippen LogP contribution in [0.15, 0.2) is 36.4 Å². The van der Waals surface area contributed by atoms with Gasteiger partial charge < -0.3 is 20.1 Å². The highest BCUT2D eigenvalue weighted by Crippen LogP contribution is 2.45. The number of aromatic hydroxyl groups is 3. The summed E-state index contributed by atoms with van der Waals surface area (Å²) in [5, 5.41) is 28.9. The van der Waals surface area contributed by atoms with E-state index in [9.17, 15) is 15.3 Å². The molecule has 104 valence electrons. The molecule has 0 aromatic heterocycles. The first-order chi connectivity index (χ1) is 9.54. The third-order valence-electron chi connectivity index (χ3n) is 3.73. The molecule has 0 radical (unpaired) electrons. The van der Waals surface area contributed by atoms with Crippen LogP contribution in [0, 0.1) is 0 Å². The standard InChI is InChI=1S/C16H16O4/c1-9-6-15(13-5-3-10(17)7-14(13)19)20-16-8-11(18)2-4-12(9)16/h2-5,7-9,15,17-19H,6H2,1H3. The van der Waals surface area contributed by atoms with Crippen molar-refractivity contribution in [2.24, 2.45) is 0 Å². The monoisotopic (exact) mass is 272 g/mol. The molecule has 3 rings (SSSR count). The molecule has 0 amide bonds. The van der Waals surface area contributed by atoms with Crippen molar-refractivity contribution in [3.63, 3.8) is 0 Å². The smallest absolute Gasteiger partial charge is 0.128 e. The Hall–Kier alpha value is -2.36. The van der Waals surface area contributed by atoms with E-state index >= 15 is 0 Å². The van der Waals surface area contributed by atoms with Crippen molar-refractivity contribution in [2.45, 2.75) is 25.4 Å². The number of hydrogen-bond acceptors (Lipinski definition) is 4. The highest BCUT2D eigenvalue weighted by Gasteiger charge is 2.28. The van der Waals surface area contributed by atoms with Crippen LogP contribution < -0.4 is 4.74 Å². The Morgan fingerprint density at radius 1 is 0.950 bits per heavy atom. The zero-order valence-corrected chi connectivity index (χ0v) is 11.1. The Bertz CT molecular complexity index is 651. The number of benzene rings is 2. The van der Waals surface area contributed by atoms with Gasteiger partial charge in [-0.3, -0.25) is 0 Å². The van der Waals surface area contributed by atoms with Crippen molar-refractivity contribution in [1.82, 2.24) is 0 Å². The molecule has 2 atom stereocenters. The SMILES string of the molecule is CC1CC(c2ccc(O)cc2O)Oc2cc(O)ccc21. The van der Waals surface area contributed by atoms with Crippen molar-refractivity contribution >= 4 is 0 Å². The summed E-state index contributed by atoms with van der Waals surface area (Å²) in [6, 6.07) is 9.60. The first-order valence-electron chi connectivity index (χ1n) is 6.56. The van der Waals surface area contributed by atoms with E-state index in [1.54, 1.807) is 18.2 Å². The molecule has 0 spiro atoms. The second-order valence-corrected chi connectivity index (χ2v) is 5.21. The normalized spacial score (nSPS) is 21.1. The highest BCUT2D eigenvalue weighted by molar-refractivity contribution is 5.46. The van der Waals surface area contributed by atoms with E-state index in [0.29, 0.717) is 11.3 Å². The lowest BCUT2D eigenvalue weighted by atomic mass is 9.88. The van der Waals surface area contributed by atoms with Crippen LogP contribution in [0.4, 0.5) is 0 Å². The van der Waals surface area contributed by atoms with Gasteiger partial charge in [0.2, 0.25) is 0 Å². The Labute approximate surface area is 116 Å². The molecule has 3 N–H and O–H groups in total. The number of rotatable bonds is 1. The summed E-state index contributed by atoms with van der Waals surface area (Å²) in [6.45, 7) is 2.09. The summed E-state index contributed by atoms with van der Waals surface area (Å²) in [4.78, 5) is 0. The minimum Gasteiger partial charge on any atom is -0.508 e. The van der Waals surface area contributed by atoms with Crippen LogP contribution in [-0.4, -0.2) is 15.3 Å². The van der Waals surface area contributed by atoms with Crippen LogP contribution in [0.1, 0.15) is 36.5 Å². The fraction of sp³-hybridized carbons (Fsp3) is 0.250. The molecule has 1 aliphatic rings. The quantitative estimate of drug-likeness (QED) is 0.743. The molecular weight excluding hydrogens is 256 g/mol. The molecular formula is C16H16O4. The van der Waals surface area contributed by atoms with Crippen molar-refractivity contribution in [1.29, 1.82) is 0 Å². The van der Waals surface area contributed by atoms with Gasteiger partial charge >= 0.3 is 0 Å². The first-order valence-corrected chi connectivity index (χ1v) is 6.56. The molecule has 20 heavy (non-hydrogen) atoms. The molecule has 0 aliphatic carbocycles. The average Bonchev–Trinajstić information content (AvgIpc) is 2.37. The van der Waals surface area contributed by atoms with Gasteiger partial charge in [-0.05, 0) is 36.1 Å². The van der Waals surface area contributed by atoms with E-state index in [4.69, 9.17) is 4.74 Å². The van der Waals surface area contributed by atoms with Crippen LogP contribution in [-0.2, 0) is 0 Å². The number of ether oxygens (including phenoxy) is 1. The third-order valence-corrected chi connectivity index (χ3v) is 3.73. The van der Waals surface area contributed by atoms with Crippen molar-refractivity contribution in [2.75, 3.05) is 0 Å². The van der Waals surface area contributed by atoms with Gasteiger partial charge in [0.1, 0.15) is 29.1 Å². The van der Waals surface area contributed by atoms with Gasteiger partial charge in [0, 0.05) is 17.7 Å². The second-order valence-electron chi connectivity index (χ2n) is 5.21. The predicted molar refractivity (Wildman–Crippen MR) is 74.3 cm³/mol. The van der Waals surface area contributed by atoms with Crippen molar-refractivity contribution in [3.8, 4) is 23.0 Å². The number of phenolic OH excluding ortho intramolecular Hbond substituents is 3. The second kappa shape index (κ2) is 4.63. The maximum atomic E-state index is 9.94. The largest absolute Gasteiger partial charge is 0.508 e. The van der Waals surface area contributed by atoms with Crippen LogP contribution >= 0.6 is 0 Å². The molecule has 2 aromatic rings. The van der Waals surface area contributed by atoms with E-state index in [-0.39, 0.29) is 29.3 Å². The molecule has 2 unspecified atom stereocenters. The van der Waals surface area contributed by atoms with E-state index in [1.165, 1.54) is 12.1 Å². The molecule has 4 heteroatoms. The molecule has 1 aliphatic heterocycles. The molecule has 0 fully saturated rings. The molecule has 0 bridgehead atoms. The molecule has 4 nitrogen and oxygen atoms in total. The summed E-state index contributed by atoms with van der Waals surface area (Å²) in [7, 11) is 0. The fourth-order valence-electron chi connectivity index (χ4n) is 2.68. The van der Waals surface area contributed by atoms with E-state index in [1.807, 2.05) is 6.07 Å². The van der Waals surface area contributed by atoms with E-state index < -0.39 is 0 Å². The zero-order chi connectivity index (χ0) is 14.3. The topological polar surface area (TPSA) is 69.9 Å². The summed E-state index contributed by atoms with van der Waals surface area (Å²) in [6.07, 6.45) is 0.440. The van der Waals surface area contributed by atoms with Gasteiger partial charge in [-0.25, -0.2) is 0 Å². The summed E-state index contributed by atoms with van der Waals surface area (Å²) in [5.41, 5.74) is 1.70. The van der Waals surface area contributed by atoms with Crippen LogP contribution in [0.25, 0.3) is 0 Å². The Kier molecular flexibility index (Phi) is 2.93. The van der Waals surface area contributed by atoms with Crippen LogP contribution in [0.3, 0.4) is 0 Å². The molecule has 0 saturated heterocycles. The lowest BCUT2D eigenvalue weighted by molar-refractivity contribution is 0.160. The maximum absolute atomic E-state index is 9.94. The van der Waals surface area contributed by atoms with Crippen LogP contribution in [0.2, 0.25) is 0 Å². The summed E-state index contributed by atoms with van der Waals surface area (Å²) in [5.74, 6) is 1.10. The lowest BCUT2D eigenvalue weighted by Crippen LogP contribution is -2.17. The average molecular weight is 272 g/mol. The van der Waals surface area contributed by atoms with E-state index in [0.717, 1.165) is 12.0 Å². The number of fused-ring (bicyclic) bond motifs is 1. The van der Waals surface area contributed by atoms with Gasteiger partial charge in [-0.15, -0.1) is 0 Å². The summed E-state index contributed by atoms with van der Waals surface area (Å²) >= 11 is 0. The van der Waals surface area contributed by atoms with Crippen molar-refractivity contribution < 1.29 is 20.1 Å². The van der Waals surface area contributed by atoms with Gasteiger partial charge in [-0.2, -0.15) is 0 Å². The number of hydrogen-bond donors (Lipinski definition) is 3. The third kappa shape index (κ3) is 2.13. The minimum atomic E-state index is -0.292.